The smallest absolute Gasteiger partial charge is 0.283 e. The van der Waals surface area contributed by atoms with Crippen molar-refractivity contribution in [2.45, 2.75) is 39.2 Å². The van der Waals surface area contributed by atoms with Crippen molar-refractivity contribution in [3.8, 4) is 0 Å². The Morgan fingerprint density at radius 2 is 2.37 bits per heavy atom. The number of aromatic nitrogens is 2. The Morgan fingerprint density at radius 3 is 2.95 bits per heavy atom. The van der Waals surface area contributed by atoms with E-state index in [2.05, 4.69) is 39.8 Å². The molecule has 1 heterocycles. The van der Waals surface area contributed by atoms with Gasteiger partial charge >= 0.3 is 0 Å². The van der Waals surface area contributed by atoms with E-state index in [1.54, 1.807) is 12.3 Å². The lowest BCUT2D eigenvalue weighted by Gasteiger charge is -2.16. The van der Waals surface area contributed by atoms with Crippen molar-refractivity contribution >= 4 is 21.6 Å². The fraction of sp³-hybridized carbons (Fsp3) is 0.571. The van der Waals surface area contributed by atoms with E-state index < -0.39 is 0 Å². The quantitative estimate of drug-likeness (QED) is 0.783. The minimum atomic E-state index is -0.120. The molecule has 0 bridgehead atoms. The van der Waals surface area contributed by atoms with E-state index in [9.17, 15) is 4.79 Å². The van der Waals surface area contributed by atoms with Gasteiger partial charge in [-0.1, -0.05) is 19.4 Å². The van der Waals surface area contributed by atoms with Gasteiger partial charge in [-0.2, -0.15) is 5.10 Å². The lowest BCUT2D eigenvalue weighted by atomic mass is 10.0. The van der Waals surface area contributed by atoms with Crippen LogP contribution in [0.4, 0.5) is 5.69 Å². The highest BCUT2D eigenvalue weighted by Crippen LogP contribution is 2.49. The summed E-state index contributed by atoms with van der Waals surface area (Å²) < 4.78 is 1.94. The molecule has 1 aromatic rings. The van der Waals surface area contributed by atoms with Gasteiger partial charge in [0.1, 0.15) is 4.47 Å². The molecule has 0 unspecified atom stereocenters. The van der Waals surface area contributed by atoms with Gasteiger partial charge in [-0.15, -0.1) is 6.58 Å². The summed E-state index contributed by atoms with van der Waals surface area (Å²) in [5.74, 6) is 0. The van der Waals surface area contributed by atoms with Gasteiger partial charge in [-0.3, -0.25) is 4.79 Å². The Kier molecular flexibility index (Phi) is 4.45. The third kappa shape index (κ3) is 3.26. The van der Waals surface area contributed by atoms with Crippen LogP contribution < -0.4 is 10.9 Å². The van der Waals surface area contributed by atoms with E-state index in [4.69, 9.17) is 0 Å². The minimum Gasteiger partial charge on any atom is -0.382 e. The van der Waals surface area contributed by atoms with Crippen LogP contribution in [0.5, 0.6) is 0 Å². The molecule has 0 amide bonds. The number of rotatable bonds is 7. The topological polar surface area (TPSA) is 46.9 Å². The molecule has 1 aromatic heterocycles. The summed E-state index contributed by atoms with van der Waals surface area (Å²) in [5, 5.41) is 7.50. The first-order valence-electron chi connectivity index (χ1n) is 6.72. The molecule has 19 heavy (non-hydrogen) atoms. The van der Waals surface area contributed by atoms with E-state index in [1.807, 2.05) is 0 Å². The Labute approximate surface area is 122 Å². The van der Waals surface area contributed by atoms with Crippen LogP contribution in [-0.2, 0) is 6.54 Å². The fourth-order valence-electron chi connectivity index (χ4n) is 2.35. The van der Waals surface area contributed by atoms with Crippen LogP contribution in [-0.4, -0.2) is 16.3 Å². The summed E-state index contributed by atoms with van der Waals surface area (Å²) >= 11 is 3.36. The highest BCUT2D eigenvalue weighted by molar-refractivity contribution is 9.10. The number of nitrogens with zero attached hydrogens (tertiary/aromatic N) is 2. The maximum Gasteiger partial charge on any atom is 0.283 e. The van der Waals surface area contributed by atoms with E-state index in [1.165, 1.54) is 30.4 Å². The lowest BCUT2D eigenvalue weighted by molar-refractivity contribution is 0.485. The van der Waals surface area contributed by atoms with Crippen LogP contribution in [0.3, 0.4) is 0 Å². The van der Waals surface area contributed by atoms with Crippen molar-refractivity contribution in [3.05, 3.63) is 33.7 Å². The zero-order valence-electron chi connectivity index (χ0n) is 11.3. The standard InChI is InChI=1S/C14H20BrN3O/c1-3-5-14(6-7-14)10-16-11-9-17-18(8-4-2)13(19)12(11)15/h4,9,16H,2-3,5-8,10H2,1H3. The molecule has 1 fully saturated rings. The zero-order chi connectivity index (χ0) is 13.9. The van der Waals surface area contributed by atoms with Crippen molar-refractivity contribution in [2.24, 2.45) is 5.41 Å². The van der Waals surface area contributed by atoms with Crippen molar-refractivity contribution in [1.82, 2.24) is 9.78 Å². The third-order valence-corrected chi connectivity index (χ3v) is 4.44. The number of hydrogen-bond donors (Lipinski definition) is 1. The SMILES string of the molecule is C=CCn1ncc(NCC2(CCC)CC2)c(Br)c1=O. The van der Waals surface area contributed by atoms with Crippen LogP contribution in [0.15, 0.2) is 28.1 Å². The number of halogens is 1. The molecular formula is C14H20BrN3O. The Bertz CT molecular complexity index is 520. The molecule has 1 saturated carbocycles. The molecule has 4 nitrogen and oxygen atoms in total. The molecule has 0 saturated heterocycles. The van der Waals surface area contributed by atoms with Gasteiger partial charge < -0.3 is 5.32 Å². The normalized spacial score (nSPS) is 16.1. The molecule has 1 N–H and O–H groups in total. The molecule has 0 spiro atoms. The summed E-state index contributed by atoms with van der Waals surface area (Å²) in [7, 11) is 0. The highest BCUT2D eigenvalue weighted by atomic mass is 79.9. The second kappa shape index (κ2) is 5.90. The summed E-state index contributed by atoms with van der Waals surface area (Å²) in [6.07, 6.45) is 8.39. The molecule has 0 aliphatic heterocycles. The minimum absolute atomic E-state index is 0.120. The van der Waals surface area contributed by atoms with Crippen molar-refractivity contribution in [2.75, 3.05) is 11.9 Å². The Balaban J connectivity index is 2.07. The van der Waals surface area contributed by atoms with Gasteiger partial charge in [0.2, 0.25) is 0 Å². The zero-order valence-corrected chi connectivity index (χ0v) is 12.9. The maximum atomic E-state index is 12.0. The molecule has 2 rings (SSSR count). The summed E-state index contributed by atoms with van der Waals surface area (Å²) in [6, 6.07) is 0. The number of hydrogen-bond acceptors (Lipinski definition) is 3. The first-order valence-corrected chi connectivity index (χ1v) is 7.51. The summed E-state index contributed by atoms with van der Waals surface area (Å²) in [5.41, 5.74) is 1.11. The van der Waals surface area contributed by atoms with E-state index in [0.717, 1.165) is 12.2 Å². The van der Waals surface area contributed by atoms with Gasteiger partial charge in [0.25, 0.3) is 5.56 Å². The Hall–Kier alpha value is -1.10. The average Bonchev–Trinajstić information content (AvgIpc) is 3.15. The number of allylic oxidation sites excluding steroid dienone is 1. The van der Waals surface area contributed by atoms with Crippen LogP contribution in [0.1, 0.15) is 32.6 Å². The lowest BCUT2D eigenvalue weighted by Crippen LogP contribution is -2.25. The molecule has 104 valence electrons. The number of nitrogens with one attached hydrogen (secondary N) is 1. The predicted molar refractivity (Wildman–Crippen MR) is 81.5 cm³/mol. The molecule has 0 radical (unpaired) electrons. The summed E-state index contributed by atoms with van der Waals surface area (Å²) in [6.45, 7) is 7.18. The van der Waals surface area contributed by atoms with Gasteiger partial charge in [0, 0.05) is 6.54 Å². The number of anilines is 1. The highest BCUT2D eigenvalue weighted by Gasteiger charge is 2.41. The first kappa shape index (κ1) is 14.3. The van der Waals surface area contributed by atoms with Gasteiger partial charge in [-0.05, 0) is 40.6 Å². The molecule has 0 atom stereocenters. The van der Waals surface area contributed by atoms with Crippen LogP contribution >= 0.6 is 15.9 Å². The van der Waals surface area contributed by atoms with Gasteiger partial charge in [0.05, 0.1) is 18.4 Å². The molecule has 1 aliphatic rings. The van der Waals surface area contributed by atoms with E-state index in [-0.39, 0.29) is 5.56 Å². The second-order valence-corrected chi connectivity index (χ2v) is 6.04. The third-order valence-electron chi connectivity index (χ3n) is 3.68. The molecule has 1 aliphatic carbocycles. The van der Waals surface area contributed by atoms with Crippen molar-refractivity contribution < 1.29 is 0 Å². The molecular weight excluding hydrogens is 306 g/mol. The van der Waals surface area contributed by atoms with Crippen molar-refractivity contribution in [1.29, 1.82) is 0 Å². The van der Waals surface area contributed by atoms with Gasteiger partial charge in [-0.25, -0.2) is 4.68 Å². The average molecular weight is 326 g/mol. The monoisotopic (exact) mass is 325 g/mol. The first-order chi connectivity index (χ1) is 9.12. The second-order valence-electron chi connectivity index (χ2n) is 5.25. The van der Waals surface area contributed by atoms with Crippen molar-refractivity contribution in [3.63, 3.8) is 0 Å². The van der Waals surface area contributed by atoms with Crippen LogP contribution in [0, 0.1) is 5.41 Å². The Morgan fingerprint density at radius 1 is 1.63 bits per heavy atom. The maximum absolute atomic E-state index is 12.0. The van der Waals surface area contributed by atoms with Gasteiger partial charge in [0.15, 0.2) is 0 Å². The van der Waals surface area contributed by atoms with E-state index >= 15 is 0 Å². The summed E-state index contributed by atoms with van der Waals surface area (Å²) in [4.78, 5) is 12.0. The van der Waals surface area contributed by atoms with E-state index in [0.29, 0.717) is 16.4 Å². The molecule has 0 aromatic carbocycles. The largest absolute Gasteiger partial charge is 0.382 e. The fourth-order valence-corrected chi connectivity index (χ4v) is 2.79. The van der Waals surface area contributed by atoms with Crippen LogP contribution in [0.25, 0.3) is 0 Å². The predicted octanol–water partition coefficient (Wildman–Crippen LogP) is 3.18. The van der Waals surface area contributed by atoms with Crippen LogP contribution in [0.2, 0.25) is 0 Å². The molecule has 5 heteroatoms.